The predicted molar refractivity (Wildman–Crippen MR) is 156 cm³/mol. The lowest BCUT2D eigenvalue weighted by Gasteiger charge is -2.28. The summed E-state index contributed by atoms with van der Waals surface area (Å²) in [6, 6.07) is 35.5. The maximum Gasteiger partial charge on any atom is 0.116 e. The minimum atomic E-state index is -2.02. The van der Waals surface area contributed by atoms with Gasteiger partial charge in [-0.25, -0.2) is 0 Å². The lowest BCUT2D eigenvalue weighted by atomic mass is 10.1. The Balaban J connectivity index is 0.00000342. The van der Waals surface area contributed by atoms with E-state index < -0.39 is 7.26 Å². The Morgan fingerprint density at radius 1 is 0.429 bits per heavy atom. The smallest absolute Gasteiger partial charge is 0.116 e. The molecule has 0 atom stereocenters. The van der Waals surface area contributed by atoms with E-state index in [4.69, 9.17) is 0 Å². The molecule has 0 saturated carbocycles. The average molecular weight is 493 g/mol. The van der Waals surface area contributed by atoms with Gasteiger partial charge in [-0.3, -0.25) is 0 Å². The standard InChI is InChI=1S/C33H30P.ClH/c1-5-26-9-11-30(12-10-26)25-34(31-19-13-27(6-2)14-20-31,32-21-15-28(7-3)16-22-32)33-23-17-29(8-4)18-24-33;/h5-24H,1-4,25H2;1H/q+1;/p-1. The Kier molecular flexibility index (Phi) is 8.83. The molecule has 0 saturated heterocycles. The summed E-state index contributed by atoms with van der Waals surface area (Å²) in [6.07, 6.45) is 8.52. The molecule has 0 radical (unpaired) electrons. The van der Waals surface area contributed by atoms with Gasteiger partial charge in [0.25, 0.3) is 0 Å². The van der Waals surface area contributed by atoms with Gasteiger partial charge in [-0.15, -0.1) is 0 Å². The van der Waals surface area contributed by atoms with Gasteiger partial charge >= 0.3 is 0 Å². The van der Waals surface area contributed by atoms with Crippen molar-refractivity contribution in [3.63, 3.8) is 0 Å². The summed E-state index contributed by atoms with van der Waals surface area (Å²) in [7, 11) is -2.02. The van der Waals surface area contributed by atoms with E-state index >= 15 is 0 Å². The zero-order valence-corrected chi connectivity index (χ0v) is 21.6. The second-order valence-corrected chi connectivity index (χ2v) is 11.8. The molecule has 2 heteroatoms. The molecule has 0 spiro atoms. The molecule has 4 aromatic rings. The van der Waals surface area contributed by atoms with Crippen LogP contribution in [0.25, 0.3) is 24.3 Å². The lowest BCUT2D eigenvalue weighted by Crippen LogP contribution is -3.00. The van der Waals surface area contributed by atoms with E-state index in [2.05, 4.69) is 123 Å². The van der Waals surface area contributed by atoms with Crippen LogP contribution in [0.4, 0.5) is 0 Å². The van der Waals surface area contributed by atoms with Crippen LogP contribution in [0.5, 0.6) is 0 Å². The Morgan fingerprint density at radius 2 is 0.686 bits per heavy atom. The summed E-state index contributed by atoms with van der Waals surface area (Å²) in [6.45, 7) is 15.7. The minimum Gasteiger partial charge on any atom is -1.00 e. The maximum absolute atomic E-state index is 3.94. The van der Waals surface area contributed by atoms with Crippen molar-refractivity contribution < 1.29 is 12.4 Å². The molecule has 0 aliphatic carbocycles. The van der Waals surface area contributed by atoms with Crippen molar-refractivity contribution >= 4 is 47.5 Å². The van der Waals surface area contributed by atoms with E-state index in [-0.39, 0.29) is 12.4 Å². The molecule has 0 heterocycles. The first-order chi connectivity index (χ1) is 16.6. The van der Waals surface area contributed by atoms with Gasteiger partial charge in [0, 0.05) is 0 Å². The van der Waals surface area contributed by atoms with Crippen LogP contribution in [0.15, 0.2) is 123 Å². The molecule has 0 aliphatic rings. The summed E-state index contributed by atoms with van der Waals surface area (Å²) in [5, 5.41) is 4.05. The van der Waals surface area contributed by atoms with E-state index in [1.807, 2.05) is 24.3 Å². The van der Waals surface area contributed by atoms with Gasteiger partial charge in [-0.05, 0) is 64.2 Å². The van der Waals surface area contributed by atoms with Gasteiger partial charge in [0.05, 0.1) is 6.16 Å². The molecule has 0 aliphatic heterocycles. The normalized spacial score (nSPS) is 10.6. The molecule has 0 amide bonds. The van der Waals surface area contributed by atoms with Crippen LogP contribution in [-0.4, -0.2) is 0 Å². The Labute approximate surface area is 216 Å². The first-order valence-electron chi connectivity index (χ1n) is 11.4. The van der Waals surface area contributed by atoms with Crippen molar-refractivity contribution in [1.82, 2.24) is 0 Å². The van der Waals surface area contributed by atoms with Gasteiger partial charge in [0.1, 0.15) is 23.2 Å². The third-order valence-electron chi connectivity index (χ3n) is 6.34. The number of rotatable bonds is 9. The van der Waals surface area contributed by atoms with Crippen molar-refractivity contribution in [2.24, 2.45) is 0 Å². The Morgan fingerprint density at radius 3 is 0.943 bits per heavy atom. The largest absolute Gasteiger partial charge is 1.00 e. The molecular formula is C33H30ClP. The summed E-state index contributed by atoms with van der Waals surface area (Å²) in [5.74, 6) is 0. The van der Waals surface area contributed by atoms with Gasteiger partial charge in [-0.2, -0.15) is 0 Å². The van der Waals surface area contributed by atoms with E-state index in [9.17, 15) is 0 Å². The maximum atomic E-state index is 3.94. The molecule has 4 rings (SSSR count). The molecule has 4 aromatic carbocycles. The molecular weight excluding hydrogens is 463 g/mol. The molecule has 0 N–H and O–H groups in total. The monoisotopic (exact) mass is 492 g/mol. The van der Waals surface area contributed by atoms with Crippen LogP contribution in [0.2, 0.25) is 0 Å². The molecule has 0 nitrogen and oxygen atoms in total. The number of halogens is 1. The molecule has 35 heavy (non-hydrogen) atoms. The summed E-state index contributed by atoms with van der Waals surface area (Å²) < 4.78 is 0. The van der Waals surface area contributed by atoms with Crippen LogP contribution in [0, 0.1) is 0 Å². The fourth-order valence-corrected chi connectivity index (χ4v) is 8.52. The highest BCUT2D eigenvalue weighted by atomic mass is 35.5. The Bertz CT molecular complexity index is 1170. The first kappa shape index (κ1) is 26.2. The van der Waals surface area contributed by atoms with Crippen LogP contribution in [0.3, 0.4) is 0 Å². The topological polar surface area (TPSA) is 0 Å². The Hall–Kier alpha value is -3.44. The first-order valence-corrected chi connectivity index (χ1v) is 13.4. The van der Waals surface area contributed by atoms with Crippen LogP contribution in [-0.2, 0) is 6.16 Å². The third kappa shape index (κ3) is 5.46. The summed E-state index contributed by atoms with van der Waals surface area (Å²) in [5.41, 5.74) is 5.82. The quantitative estimate of drug-likeness (QED) is 0.296. The molecule has 0 bridgehead atoms. The van der Waals surface area contributed by atoms with Gasteiger partial charge < -0.3 is 12.4 Å². The molecule has 0 aromatic heterocycles. The fraction of sp³-hybridized carbons (Fsp3) is 0.0303. The van der Waals surface area contributed by atoms with Gasteiger partial charge in [-0.1, -0.05) is 111 Å². The van der Waals surface area contributed by atoms with Crippen molar-refractivity contribution in [2.45, 2.75) is 6.16 Å². The molecule has 0 fully saturated rings. The van der Waals surface area contributed by atoms with Crippen LogP contribution < -0.4 is 28.3 Å². The zero-order valence-electron chi connectivity index (χ0n) is 19.9. The van der Waals surface area contributed by atoms with E-state index in [0.717, 1.165) is 28.4 Å². The molecule has 174 valence electrons. The van der Waals surface area contributed by atoms with Crippen LogP contribution >= 0.6 is 7.26 Å². The summed E-state index contributed by atoms with van der Waals surface area (Å²) in [4.78, 5) is 0. The fourth-order valence-electron chi connectivity index (χ4n) is 4.35. The van der Waals surface area contributed by atoms with Gasteiger partial charge in [0.15, 0.2) is 0 Å². The van der Waals surface area contributed by atoms with Crippen molar-refractivity contribution in [1.29, 1.82) is 0 Å². The highest BCUT2D eigenvalue weighted by molar-refractivity contribution is 7.95. The van der Waals surface area contributed by atoms with Crippen LogP contribution in [0.1, 0.15) is 27.8 Å². The van der Waals surface area contributed by atoms with Gasteiger partial charge in [0.2, 0.25) is 0 Å². The molecule has 0 unspecified atom stereocenters. The number of hydrogen-bond donors (Lipinski definition) is 0. The SMILES string of the molecule is C=Cc1ccc(C[P+](c2ccc(C=C)cc2)(c2ccc(C=C)cc2)c2ccc(C=C)cc2)cc1.[Cl-]. The van der Waals surface area contributed by atoms with Crippen molar-refractivity contribution in [3.8, 4) is 0 Å². The highest BCUT2D eigenvalue weighted by Crippen LogP contribution is 2.58. The highest BCUT2D eigenvalue weighted by Gasteiger charge is 2.45. The van der Waals surface area contributed by atoms with Crippen molar-refractivity contribution in [2.75, 3.05) is 0 Å². The van der Waals surface area contributed by atoms with Crippen molar-refractivity contribution in [3.05, 3.63) is 151 Å². The second kappa shape index (κ2) is 11.8. The third-order valence-corrected chi connectivity index (χ3v) is 10.7. The lowest BCUT2D eigenvalue weighted by molar-refractivity contribution is -0.00000651. The second-order valence-electron chi connectivity index (χ2n) is 8.30. The minimum absolute atomic E-state index is 0. The number of hydrogen-bond acceptors (Lipinski definition) is 0. The number of benzene rings is 4. The predicted octanol–water partition coefficient (Wildman–Crippen LogP) is 4.76. The average Bonchev–Trinajstić information content (AvgIpc) is 2.92. The van der Waals surface area contributed by atoms with E-state index in [1.165, 1.54) is 21.5 Å². The van der Waals surface area contributed by atoms with E-state index in [0.29, 0.717) is 0 Å². The van der Waals surface area contributed by atoms with E-state index in [1.54, 1.807) is 0 Å². The zero-order chi connectivity index (χ0) is 24.0. The summed E-state index contributed by atoms with van der Waals surface area (Å²) >= 11 is 0.